The van der Waals surface area contributed by atoms with Crippen LogP contribution in [0.3, 0.4) is 0 Å². The second-order valence-corrected chi connectivity index (χ2v) is 9.60. The van der Waals surface area contributed by atoms with Gasteiger partial charge in [0.2, 0.25) is 11.8 Å². The maximum atomic E-state index is 13.2. The van der Waals surface area contributed by atoms with Gasteiger partial charge in [-0.1, -0.05) is 42.5 Å². The number of benzene rings is 3. The lowest BCUT2D eigenvalue weighted by atomic mass is 9.97. The minimum absolute atomic E-state index is 0.0420. The third kappa shape index (κ3) is 5.32. The standard InChI is InChI=1S/C24H25N3O5S/c25-20-8-5-17(6-9-20)15-22(24(29)27-11-13-32-14-12-27)23(28)26-33(30,31)21-10-7-18-3-1-2-4-19(18)16-21/h1-10,16,22H,11-15,25H2,(H,26,28). The lowest BCUT2D eigenvalue weighted by Crippen LogP contribution is -2.49. The van der Waals surface area contributed by atoms with Gasteiger partial charge in [0.1, 0.15) is 5.92 Å². The van der Waals surface area contributed by atoms with Crippen LogP contribution in [0.25, 0.3) is 10.8 Å². The zero-order valence-electron chi connectivity index (χ0n) is 17.9. The van der Waals surface area contributed by atoms with Crippen molar-refractivity contribution in [2.45, 2.75) is 11.3 Å². The van der Waals surface area contributed by atoms with Gasteiger partial charge in [-0.3, -0.25) is 9.59 Å². The van der Waals surface area contributed by atoms with Crippen LogP contribution in [0.1, 0.15) is 5.56 Å². The Morgan fingerprint density at radius 1 is 0.970 bits per heavy atom. The number of sulfonamides is 1. The molecule has 33 heavy (non-hydrogen) atoms. The molecule has 0 bridgehead atoms. The normalized spacial score (nSPS) is 15.2. The van der Waals surface area contributed by atoms with Gasteiger partial charge in [0, 0.05) is 18.8 Å². The van der Waals surface area contributed by atoms with Crippen molar-refractivity contribution in [2.24, 2.45) is 5.92 Å². The van der Waals surface area contributed by atoms with Crippen molar-refractivity contribution in [3.63, 3.8) is 0 Å². The fourth-order valence-corrected chi connectivity index (χ4v) is 4.84. The van der Waals surface area contributed by atoms with Gasteiger partial charge in [-0.15, -0.1) is 0 Å². The number of nitrogen functional groups attached to an aromatic ring is 1. The van der Waals surface area contributed by atoms with Crippen molar-refractivity contribution >= 4 is 38.3 Å². The van der Waals surface area contributed by atoms with Gasteiger partial charge in [-0.2, -0.15) is 0 Å². The molecule has 0 saturated carbocycles. The Bertz CT molecular complexity index is 1270. The predicted molar refractivity (Wildman–Crippen MR) is 125 cm³/mol. The number of hydrogen-bond acceptors (Lipinski definition) is 6. The summed E-state index contributed by atoms with van der Waals surface area (Å²) >= 11 is 0. The number of hydrogen-bond donors (Lipinski definition) is 2. The Hall–Kier alpha value is -3.43. The van der Waals surface area contributed by atoms with E-state index in [-0.39, 0.29) is 11.3 Å². The summed E-state index contributed by atoms with van der Waals surface area (Å²) in [4.78, 5) is 27.8. The molecule has 0 spiro atoms. The SMILES string of the molecule is Nc1ccc(CC(C(=O)NS(=O)(=O)c2ccc3ccccc3c2)C(=O)N2CCOCC2)cc1. The lowest BCUT2D eigenvalue weighted by Gasteiger charge is -2.30. The molecule has 3 aromatic rings. The Kier molecular flexibility index (Phi) is 6.62. The van der Waals surface area contributed by atoms with Crippen LogP contribution in [0, 0.1) is 5.92 Å². The van der Waals surface area contributed by atoms with E-state index >= 15 is 0 Å². The number of nitrogens with one attached hydrogen (secondary N) is 1. The van der Waals surface area contributed by atoms with Crippen LogP contribution < -0.4 is 10.5 Å². The third-order valence-electron chi connectivity index (χ3n) is 5.62. The second-order valence-electron chi connectivity index (χ2n) is 7.91. The van der Waals surface area contributed by atoms with E-state index in [4.69, 9.17) is 10.5 Å². The van der Waals surface area contributed by atoms with Crippen molar-refractivity contribution in [3.05, 3.63) is 72.3 Å². The number of rotatable bonds is 6. The molecule has 1 unspecified atom stereocenters. The van der Waals surface area contributed by atoms with Gasteiger partial charge >= 0.3 is 0 Å². The van der Waals surface area contributed by atoms with Gasteiger partial charge < -0.3 is 15.4 Å². The summed E-state index contributed by atoms with van der Waals surface area (Å²) in [6.07, 6.45) is 0.0511. The lowest BCUT2D eigenvalue weighted by molar-refractivity contribution is -0.144. The summed E-state index contributed by atoms with van der Waals surface area (Å²) in [5, 5.41) is 1.61. The first-order chi connectivity index (χ1) is 15.8. The van der Waals surface area contributed by atoms with Crippen molar-refractivity contribution in [1.29, 1.82) is 0 Å². The van der Waals surface area contributed by atoms with Crippen LogP contribution in [0.5, 0.6) is 0 Å². The molecule has 1 aliphatic rings. The summed E-state index contributed by atoms with van der Waals surface area (Å²) in [7, 11) is -4.17. The highest BCUT2D eigenvalue weighted by Gasteiger charge is 2.34. The molecule has 4 rings (SSSR count). The van der Waals surface area contributed by atoms with E-state index in [1.807, 2.05) is 12.1 Å². The number of carbonyl (C=O) groups excluding carboxylic acids is 2. The molecule has 1 fully saturated rings. The second kappa shape index (κ2) is 9.60. The number of morpholine rings is 1. The zero-order chi connectivity index (χ0) is 23.4. The number of fused-ring (bicyclic) bond motifs is 1. The fraction of sp³-hybridized carbons (Fsp3) is 0.250. The molecule has 0 aromatic heterocycles. The Labute approximate surface area is 192 Å². The molecule has 1 saturated heterocycles. The first-order valence-electron chi connectivity index (χ1n) is 10.6. The predicted octanol–water partition coefficient (Wildman–Crippen LogP) is 1.94. The summed E-state index contributed by atoms with van der Waals surface area (Å²) < 4.78 is 33.4. The van der Waals surface area contributed by atoms with Crippen LogP contribution in [0.15, 0.2) is 71.6 Å². The van der Waals surface area contributed by atoms with Crippen molar-refractivity contribution < 1.29 is 22.7 Å². The van der Waals surface area contributed by atoms with E-state index in [0.29, 0.717) is 37.6 Å². The topological polar surface area (TPSA) is 119 Å². The number of carbonyl (C=O) groups is 2. The van der Waals surface area contributed by atoms with Crippen LogP contribution in [-0.2, 0) is 30.8 Å². The van der Waals surface area contributed by atoms with Gasteiger partial charge in [-0.25, -0.2) is 13.1 Å². The first kappa shape index (κ1) is 22.8. The smallest absolute Gasteiger partial charge is 0.264 e. The molecule has 9 heteroatoms. The highest BCUT2D eigenvalue weighted by atomic mass is 32.2. The average molecular weight is 468 g/mol. The van der Waals surface area contributed by atoms with E-state index < -0.39 is 27.8 Å². The molecule has 3 aromatic carbocycles. The summed E-state index contributed by atoms with van der Waals surface area (Å²) in [5.74, 6) is -2.50. The number of amides is 2. The molecule has 3 N–H and O–H groups in total. The van der Waals surface area contributed by atoms with Crippen molar-refractivity contribution in [3.8, 4) is 0 Å². The van der Waals surface area contributed by atoms with Crippen LogP contribution in [-0.4, -0.2) is 51.4 Å². The maximum Gasteiger partial charge on any atom is 0.264 e. The molecule has 2 amide bonds. The summed E-state index contributed by atoms with van der Waals surface area (Å²) in [6.45, 7) is 1.44. The molecule has 0 aliphatic carbocycles. The first-order valence-corrected chi connectivity index (χ1v) is 12.1. The quantitative estimate of drug-likeness (QED) is 0.423. The van der Waals surface area contributed by atoms with Crippen LogP contribution in [0.4, 0.5) is 5.69 Å². The van der Waals surface area contributed by atoms with Gasteiger partial charge in [-0.05, 0) is 47.0 Å². The fourth-order valence-electron chi connectivity index (χ4n) is 3.78. The van der Waals surface area contributed by atoms with E-state index in [1.54, 1.807) is 42.5 Å². The average Bonchev–Trinajstić information content (AvgIpc) is 2.83. The number of ether oxygens (including phenoxy) is 1. The van der Waals surface area contributed by atoms with E-state index in [1.165, 1.54) is 17.0 Å². The van der Waals surface area contributed by atoms with Gasteiger partial charge in [0.25, 0.3) is 10.0 Å². The summed E-state index contributed by atoms with van der Waals surface area (Å²) in [5.41, 5.74) is 6.99. The monoisotopic (exact) mass is 467 g/mol. The Balaban J connectivity index is 1.59. The van der Waals surface area contributed by atoms with E-state index in [0.717, 1.165) is 10.8 Å². The third-order valence-corrected chi connectivity index (χ3v) is 6.97. The summed E-state index contributed by atoms with van der Waals surface area (Å²) in [6, 6.07) is 18.7. The van der Waals surface area contributed by atoms with Crippen molar-refractivity contribution in [2.75, 3.05) is 32.0 Å². The largest absolute Gasteiger partial charge is 0.399 e. The molecule has 172 valence electrons. The molecule has 8 nitrogen and oxygen atoms in total. The number of nitrogens with zero attached hydrogens (tertiary/aromatic N) is 1. The Morgan fingerprint density at radius 2 is 1.64 bits per heavy atom. The minimum atomic E-state index is -4.17. The minimum Gasteiger partial charge on any atom is -0.399 e. The number of anilines is 1. The molecule has 1 aliphatic heterocycles. The van der Waals surface area contributed by atoms with E-state index in [9.17, 15) is 18.0 Å². The van der Waals surface area contributed by atoms with Gasteiger partial charge in [0.05, 0.1) is 18.1 Å². The molecular weight excluding hydrogens is 442 g/mol. The highest BCUT2D eigenvalue weighted by molar-refractivity contribution is 7.90. The van der Waals surface area contributed by atoms with Crippen LogP contribution >= 0.6 is 0 Å². The Morgan fingerprint density at radius 3 is 2.33 bits per heavy atom. The van der Waals surface area contributed by atoms with Gasteiger partial charge in [0.15, 0.2) is 0 Å². The molecule has 1 heterocycles. The maximum absolute atomic E-state index is 13.2. The van der Waals surface area contributed by atoms with Crippen molar-refractivity contribution in [1.82, 2.24) is 9.62 Å². The van der Waals surface area contributed by atoms with E-state index in [2.05, 4.69) is 4.72 Å². The number of nitrogens with two attached hydrogens (primary N) is 1. The molecule has 1 atom stereocenters. The highest BCUT2D eigenvalue weighted by Crippen LogP contribution is 2.20. The van der Waals surface area contributed by atoms with Crippen LogP contribution in [0.2, 0.25) is 0 Å². The zero-order valence-corrected chi connectivity index (χ0v) is 18.8. The molecular formula is C24H25N3O5S. The molecule has 0 radical (unpaired) electrons.